The lowest BCUT2D eigenvalue weighted by Crippen LogP contribution is -2.45. The second kappa shape index (κ2) is 4.97. The van der Waals surface area contributed by atoms with Crippen LogP contribution in [0.25, 0.3) is 0 Å². The molecule has 0 bridgehead atoms. The van der Waals surface area contributed by atoms with Crippen LogP contribution >= 0.6 is 0 Å². The number of rotatable bonds is 3. The molecule has 0 aliphatic carbocycles. The second-order valence-corrected chi connectivity index (χ2v) is 4.36. The first kappa shape index (κ1) is 11.0. The Balaban J connectivity index is 2.52. The van der Waals surface area contributed by atoms with Crippen molar-refractivity contribution in [3.8, 4) is 0 Å². The van der Waals surface area contributed by atoms with E-state index in [9.17, 15) is 0 Å². The Hall–Kier alpha value is -0.0800. The molecule has 2 atom stereocenters. The maximum absolute atomic E-state index is 5.53. The van der Waals surface area contributed by atoms with Gasteiger partial charge < -0.3 is 9.64 Å². The maximum Gasteiger partial charge on any atom is 0.0626 e. The Labute approximate surface area is 82.3 Å². The van der Waals surface area contributed by atoms with Gasteiger partial charge >= 0.3 is 0 Å². The summed E-state index contributed by atoms with van der Waals surface area (Å²) in [6.07, 6.45) is 1.69. The van der Waals surface area contributed by atoms with Gasteiger partial charge in [-0.2, -0.15) is 0 Å². The Morgan fingerprint density at radius 2 is 2.15 bits per heavy atom. The van der Waals surface area contributed by atoms with E-state index in [4.69, 9.17) is 4.74 Å². The van der Waals surface area contributed by atoms with Crippen LogP contribution in [0.5, 0.6) is 0 Å². The van der Waals surface area contributed by atoms with Crippen LogP contribution in [0.1, 0.15) is 27.2 Å². The van der Waals surface area contributed by atoms with Crippen LogP contribution in [0.2, 0.25) is 0 Å². The third kappa shape index (κ3) is 2.68. The van der Waals surface area contributed by atoms with Gasteiger partial charge in [0.2, 0.25) is 0 Å². The molecule has 0 amide bonds. The molecule has 0 aromatic rings. The third-order valence-electron chi connectivity index (χ3n) is 3.28. The minimum absolute atomic E-state index is 0.489. The van der Waals surface area contributed by atoms with E-state index in [-0.39, 0.29) is 0 Å². The molecule has 0 radical (unpaired) electrons. The summed E-state index contributed by atoms with van der Waals surface area (Å²) < 4.78 is 5.53. The second-order valence-electron chi connectivity index (χ2n) is 4.36. The van der Waals surface area contributed by atoms with Crippen molar-refractivity contribution in [2.45, 2.75) is 33.3 Å². The molecule has 1 aliphatic rings. The molecule has 0 aromatic heterocycles. The molecule has 1 fully saturated rings. The van der Waals surface area contributed by atoms with Gasteiger partial charge in [-0.25, -0.2) is 0 Å². The van der Waals surface area contributed by atoms with Crippen LogP contribution in [0, 0.1) is 11.8 Å². The van der Waals surface area contributed by atoms with Crippen molar-refractivity contribution in [3.05, 3.63) is 0 Å². The van der Waals surface area contributed by atoms with Crippen molar-refractivity contribution in [2.75, 3.05) is 26.7 Å². The Morgan fingerprint density at radius 1 is 1.46 bits per heavy atom. The summed E-state index contributed by atoms with van der Waals surface area (Å²) in [5, 5.41) is 0. The van der Waals surface area contributed by atoms with Crippen LogP contribution in [0.3, 0.4) is 0 Å². The summed E-state index contributed by atoms with van der Waals surface area (Å²) >= 11 is 0. The summed E-state index contributed by atoms with van der Waals surface area (Å²) in [6, 6.07) is 0. The highest BCUT2D eigenvalue weighted by Crippen LogP contribution is 2.25. The molecule has 0 saturated carbocycles. The maximum atomic E-state index is 5.53. The zero-order valence-corrected chi connectivity index (χ0v) is 9.42. The van der Waals surface area contributed by atoms with Crippen molar-refractivity contribution in [1.82, 2.24) is 4.90 Å². The van der Waals surface area contributed by atoms with Gasteiger partial charge in [0, 0.05) is 26.1 Å². The largest absolute Gasteiger partial charge is 0.381 e. The topological polar surface area (TPSA) is 12.5 Å². The standard InChI is InChI=1S/C11H23NO/c1-5-12-7-6-11(13-4)10(8-12)9(2)3/h9-11H,5-8H2,1-4H3/t10?,11-/m0/s1. The van der Waals surface area contributed by atoms with E-state index in [1.165, 1.54) is 26.1 Å². The fraction of sp³-hybridized carbons (Fsp3) is 1.00. The molecule has 1 aliphatic heterocycles. The van der Waals surface area contributed by atoms with E-state index >= 15 is 0 Å². The Morgan fingerprint density at radius 3 is 2.62 bits per heavy atom. The lowest BCUT2D eigenvalue weighted by atomic mass is 9.85. The first-order valence-corrected chi connectivity index (χ1v) is 5.44. The first-order valence-electron chi connectivity index (χ1n) is 5.44. The van der Waals surface area contributed by atoms with Crippen LogP contribution in [-0.2, 0) is 4.74 Å². The number of ether oxygens (including phenoxy) is 1. The van der Waals surface area contributed by atoms with Gasteiger partial charge in [0.1, 0.15) is 0 Å². The van der Waals surface area contributed by atoms with Gasteiger partial charge in [0.05, 0.1) is 6.10 Å². The van der Waals surface area contributed by atoms with E-state index in [2.05, 4.69) is 25.7 Å². The molecule has 1 saturated heterocycles. The fourth-order valence-electron chi connectivity index (χ4n) is 2.25. The summed E-state index contributed by atoms with van der Waals surface area (Å²) in [7, 11) is 1.85. The summed E-state index contributed by atoms with van der Waals surface area (Å²) in [4.78, 5) is 2.53. The molecule has 1 rings (SSSR count). The molecule has 0 N–H and O–H groups in total. The summed E-state index contributed by atoms with van der Waals surface area (Å²) in [5.74, 6) is 1.46. The zero-order chi connectivity index (χ0) is 9.84. The molecule has 0 spiro atoms. The molecule has 1 heterocycles. The van der Waals surface area contributed by atoms with Crippen LogP contribution in [0.4, 0.5) is 0 Å². The third-order valence-corrected chi connectivity index (χ3v) is 3.28. The number of hydrogen-bond donors (Lipinski definition) is 0. The van der Waals surface area contributed by atoms with Crippen molar-refractivity contribution in [2.24, 2.45) is 11.8 Å². The van der Waals surface area contributed by atoms with Crippen molar-refractivity contribution >= 4 is 0 Å². The minimum Gasteiger partial charge on any atom is -0.381 e. The predicted octanol–water partition coefficient (Wildman–Crippen LogP) is 2.00. The predicted molar refractivity (Wildman–Crippen MR) is 55.9 cm³/mol. The SMILES string of the molecule is CCN1CC[C@H](OC)C(C(C)C)C1. The molecule has 13 heavy (non-hydrogen) atoms. The van der Waals surface area contributed by atoms with Gasteiger partial charge in [-0.3, -0.25) is 0 Å². The zero-order valence-electron chi connectivity index (χ0n) is 9.42. The molecule has 2 nitrogen and oxygen atoms in total. The molecular weight excluding hydrogens is 162 g/mol. The number of methoxy groups -OCH3 is 1. The van der Waals surface area contributed by atoms with E-state index in [1.807, 2.05) is 7.11 Å². The minimum atomic E-state index is 0.489. The van der Waals surface area contributed by atoms with Gasteiger partial charge in [-0.1, -0.05) is 20.8 Å². The molecule has 0 aromatic carbocycles. The smallest absolute Gasteiger partial charge is 0.0626 e. The average molecular weight is 185 g/mol. The normalized spacial score (nSPS) is 31.2. The summed E-state index contributed by atoms with van der Waals surface area (Å²) in [6.45, 7) is 10.4. The lowest BCUT2D eigenvalue weighted by molar-refractivity contribution is -0.0223. The molecule has 1 unspecified atom stereocenters. The van der Waals surface area contributed by atoms with E-state index in [0.717, 1.165) is 11.8 Å². The van der Waals surface area contributed by atoms with Gasteiger partial charge in [-0.15, -0.1) is 0 Å². The van der Waals surface area contributed by atoms with E-state index in [0.29, 0.717) is 6.10 Å². The first-order chi connectivity index (χ1) is 6.19. The number of hydrogen-bond acceptors (Lipinski definition) is 2. The Bertz CT molecular complexity index is 147. The molecule has 2 heteroatoms. The van der Waals surface area contributed by atoms with E-state index in [1.54, 1.807) is 0 Å². The van der Waals surface area contributed by atoms with Gasteiger partial charge in [0.15, 0.2) is 0 Å². The highest BCUT2D eigenvalue weighted by molar-refractivity contribution is 4.82. The number of likely N-dealkylation sites (tertiary alicyclic amines) is 1. The van der Waals surface area contributed by atoms with Crippen LogP contribution in [0.15, 0.2) is 0 Å². The number of piperidine rings is 1. The molecular formula is C11H23NO. The Kier molecular flexibility index (Phi) is 4.20. The number of nitrogens with zero attached hydrogens (tertiary/aromatic N) is 1. The fourth-order valence-corrected chi connectivity index (χ4v) is 2.25. The average Bonchev–Trinajstić information content (AvgIpc) is 2.16. The lowest BCUT2D eigenvalue weighted by Gasteiger charge is -2.39. The van der Waals surface area contributed by atoms with E-state index < -0.39 is 0 Å². The van der Waals surface area contributed by atoms with Gasteiger partial charge in [-0.05, 0) is 18.9 Å². The van der Waals surface area contributed by atoms with Crippen molar-refractivity contribution in [1.29, 1.82) is 0 Å². The monoisotopic (exact) mass is 185 g/mol. The summed E-state index contributed by atoms with van der Waals surface area (Å²) in [5.41, 5.74) is 0. The van der Waals surface area contributed by atoms with Crippen molar-refractivity contribution < 1.29 is 4.74 Å². The van der Waals surface area contributed by atoms with Crippen LogP contribution < -0.4 is 0 Å². The van der Waals surface area contributed by atoms with Crippen molar-refractivity contribution in [3.63, 3.8) is 0 Å². The quantitative estimate of drug-likeness (QED) is 0.667. The highest BCUT2D eigenvalue weighted by Gasteiger charge is 2.30. The van der Waals surface area contributed by atoms with Crippen LogP contribution in [-0.4, -0.2) is 37.7 Å². The van der Waals surface area contributed by atoms with Gasteiger partial charge in [0.25, 0.3) is 0 Å². The molecule has 78 valence electrons. The highest BCUT2D eigenvalue weighted by atomic mass is 16.5.